The number of fused-ring (bicyclic) bond motifs is 2. The van der Waals surface area contributed by atoms with Gasteiger partial charge in [0.05, 0.1) is 25.0 Å². The van der Waals surface area contributed by atoms with Gasteiger partial charge in [0.2, 0.25) is 5.91 Å². The van der Waals surface area contributed by atoms with E-state index in [4.69, 9.17) is 4.74 Å². The second-order valence-corrected chi connectivity index (χ2v) is 6.08. The summed E-state index contributed by atoms with van der Waals surface area (Å²) in [7, 11) is 0. The number of hydrogen-bond donors (Lipinski definition) is 2. The number of nitrogens with zero attached hydrogens (tertiary/aromatic N) is 1. The molecule has 1 heterocycles. The van der Waals surface area contributed by atoms with Gasteiger partial charge in [-0.05, 0) is 18.3 Å². The van der Waals surface area contributed by atoms with E-state index in [0.29, 0.717) is 6.54 Å². The maximum absolute atomic E-state index is 12.3. The Balaban J connectivity index is 1.50. The SMILES string of the molecule is O=C(NCCN1CCOCC1)[C@@H]1[C@H](C(=O)O)[C@H]2C=C[C@H]1C2. The fourth-order valence-corrected chi connectivity index (χ4v) is 3.80. The molecule has 2 fully saturated rings. The molecule has 0 unspecified atom stereocenters. The predicted octanol–water partition coefficient (Wildman–Crippen LogP) is -0.0423. The summed E-state index contributed by atoms with van der Waals surface area (Å²) in [6, 6.07) is 0. The zero-order valence-corrected chi connectivity index (χ0v) is 12.0. The molecule has 3 aliphatic rings. The molecule has 3 rings (SSSR count). The summed E-state index contributed by atoms with van der Waals surface area (Å²) in [4.78, 5) is 26.0. The lowest BCUT2D eigenvalue weighted by molar-refractivity contribution is -0.147. The molecule has 0 aromatic heterocycles. The number of aliphatic carboxylic acids is 1. The van der Waals surface area contributed by atoms with E-state index in [1.807, 2.05) is 12.2 Å². The van der Waals surface area contributed by atoms with Crippen LogP contribution in [0.25, 0.3) is 0 Å². The van der Waals surface area contributed by atoms with E-state index in [1.165, 1.54) is 0 Å². The van der Waals surface area contributed by atoms with Gasteiger partial charge in [-0.25, -0.2) is 0 Å². The van der Waals surface area contributed by atoms with Gasteiger partial charge in [0.1, 0.15) is 0 Å². The van der Waals surface area contributed by atoms with Crippen LogP contribution in [-0.4, -0.2) is 61.3 Å². The Morgan fingerprint density at radius 3 is 2.52 bits per heavy atom. The molecule has 0 radical (unpaired) electrons. The topological polar surface area (TPSA) is 78.9 Å². The fourth-order valence-electron chi connectivity index (χ4n) is 3.80. The Kier molecular flexibility index (Phi) is 4.26. The number of hydrogen-bond acceptors (Lipinski definition) is 4. The largest absolute Gasteiger partial charge is 0.481 e. The number of ether oxygens (including phenoxy) is 1. The van der Waals surface area contributed by atoms with E-state index >= 15 is 0 Å². The van der Waals surface area contributed by atoms with Crippen molar-refractivity contribution in [3.05, 3.63) is 12.2 Å². The van der Waals surface area contributed by atoms with Gasteiger partial charge in [0.25, 0.3) is 0 Å². The summed E-state index contributed by atoms with van der Waals surface area (Å²) in [5.41, 5.74) is 0. The molecule has 0 spiro atoms. The molecule has 6 heteroatoms. The molecular weight excluding hydrogens is 272 g/mol. The molecule has 1 saturated heterocycles. The van der Waals surface area contributed by atoms with Crippen molar-refractivity contribution >= 4 is 11.9 Å². The van der Waals surface area contributed by atoms with E-state index < -0.39 is 17.8 Å². The van der Waals surface area contributed by atoms with Crippen LogP contribution in [0.4, 0.5) is 0 Å². The summed E-state index contributed by atoms with van der Waals surface area (Å²) in [6.45, 7) is 4.64. The smallest absolute Gasteiger partial charge is 0.307 e. The number of rotatable bonds is 5. The van der Waals surface area contributed by atoms with Crippen LogP contribution in [0.15, 0.2) is 12.2 Å². The van der Waals surface area contributed by atoms with E-state index in [0.717, 1.165) is 39.3 Å². The quantitative estimate of drug-likeness (QED) is 0.696. The number of carbonyl (C=O) groups is 2. The van der Waals surface area contributed by atoms with Crippen LogP contribution in [-0.2, 0) is 14.3 Å². The molecule has 0 aromatic carbocycles. The molecule has 1 amide bonds. The van der Waals surface area contributed by atoms with Crippen LogP contribution in [0.2, 0.25) is 0 Å². The highest BCUT2D eigenvalue weighted by molar-refractivity contribution is 5.86. The number of nitrogens with one attached hydrogen (secondary N) is 1. The summed E-state index contributed by atoms with van der Waals surface area (Å²) in [5.74, 6) is -1.78. The first-order valence-corrected chi connectivity index (χ1v) is 7.66. The Bertz CT molecular complexity index is 445. The first-order valence-electron chi connectivity index (χ1n) is 7.66. The third kappa shape index (κ3) is 2.96. The normalized spacial score (nSPS) is 35.0. The van der Waals surface area contributed by atoms with Gasteiger partial charge in [-0.3, -0.25) is 14.5 Å². The number of carbonyl (C=O) groups excluding carboxylic acids is 1. The van der Waals surface area contributed by atoms with Gasteiger partial charge in [0, 0.05) is 26.2 Å². The zero-order valence-electron chi connectivity index (χ0n) is 12.0. The van der Waals surface area contributed by atoms with Crippen molar-refractivity contribution in [2.75, 3.05) is 39.4 Å². The van der Waals surface area contributed by atoms with Crippen molar-refractivity contribution in [3.8, 4) is 0 Å². The third-order valence-corrected chi connectivity index (χ3v) is 4.88. The average Bonchev–Trinajstić information content (AvgIpc) is 3.08. The molecule has 4 atom stereocenters. The van der Waals surface area contributed by atoms with Crippen LogP contribution in [0, 0.1) is 23.7 Å². The van der Waals surface area contributed by atoms with Crippen molar-refractivity contribution in [2.45, 2.75) is 6.42 Å². The van der Waals surface area contributed by atoms with Crippen molar-refractivity contribution in [1.29, 1.82) is 0 Å². The first-order chi connectivity index (χ1) is 10.2. The molecule has 6 nitrogen and oxygen atoms in total. The van der Waals surface area contributed by atoms with Crippen molar-refractivity contribution < 1.29 is 19.4 Å². The van der Waals surface area contributed by atoms with Crippen LogP contribution >= 0.6 is 0 Å². The number of allylic oxidation sites excluding steroid dienone is 2. The lowest BCUT2D eigenvalue weighted by atomic mass is 9.82. The number of carboxylic acid groups (broad SMARTS) is 1. The lowest BCUT2D eigenvalue weighted by Gasteiger charge is -2.27. The van der Waals surface area contributed by atoms with Crippen molar-refractivity contribution in [1.82, 2.24) is 10.2 Å². The van der Waals surface area contributed by atoms with Gasteiger partial charge in [-0.1, -0.05) is 12.2 Å². The van der Waals surface area contributed by atoms with Gasteiger partial charge >= 0.3 is 5.97 Å². The second kappa shape index (κ2) is 6.15. The summed E-state index contributed by atoms with van der Waals surface area (Å²) in [6.07, 6.45) is 4.77. The summed E-state index contributed by atoms with van der Waals surface area (Å²) in [5, 5.41) is 12.3. The minimum absolute atomic E-state index is 0.0301. The fraction of sp³-hybridized carbons (Fsp3) is 0.733. The van der Waals surface area contributed by atoms with Gasteiger partial charge in [0.15, 0.2) is 0 Å². The van der Waals surface area contributed by atoms with Crippen molar-refractivity contribution in [2.24, 2.45) is 23.7 Å². The first kappa shape index (κ1) is 14.5. The zero-order chi connectivity index (χ0) is 14.8. The number of carboxylic acids is 1. The monoisotopic (exact) mass is 294 g/mol. The molecule has 1 aliphatic heterocycles. The lowest BCUT2D eigenvalue weighted by Crippen LogP contribution is -2.44. The Morgan fingerprint density at radius 2 is 1.86 bits per heavy atom. The van der Waals surface area contributed by atoms with Crippen LogP contribution in [0.1, 0.15) is 6.42 Å². The highest BCUT2D eigenvalue weighted by atomic mass is 16.5. The van der Waals surface area contributed by atoms with Crippen molar-refractivity contribution in [3.63, 3.8) is 0 Å². The van der Waals surface area contributed by atoms with E-state index in [2.05, 4.69) is 10.2 Å². The molecule has 2 bridgehead atoms. The highest BCUT2D eigenvalue weighted by Crippen LogP contribution is 2.48. The third-order valence-electron chi connectivity index (χ3n) is 4.88. The minimum Gasteiger partial charge on any atom is -0.481 e. The Hall–Kier alpha value is -1.40. The molecule has 116 valence electrons. The minimum atomic E-state index is -0.847. The van der Waals surface area contributed by atoms with Gasteiger partial charge in [-0.2, -0.15) is 0 Å². The predicted molar refractivity (Wildman–Crippen MR) is 75.6 cm³/mol. The number of morpholine rings is 1. The molecule has 1 saturated carbocycles. The maximum Gasteiger partial charge on any atom is 0.307 e. The second-order valence-electron chi connectivity index (χ2n) is 6.08. The molecular formula is C15H22N2O4. The van der Waals surface area contributed by atoms with Crippen LogP contribution < -0.4 is 5.32 Å². The molecule has 2 aliphatic carbocycles. The summed E-state index contributed by atoms with van der Waals surface area (Å²) < 4.78 is 5.28. The Morgan fingerprint density at radius 1 is 1.19 bits per heavy atom. The van der Waals surface area contributed by atoms with Crippen LogP contribution in [0.3, 0.4) is 0 Å². The number of amides is 1. The van der Waals surface area contributed by atoms with Gasteiger partial charge < -0.3 is 15.2 Å². The molecule has 2 N–H and O–H groups in total. The molecule has 21 heavy (non-hydrogen) atoms. The summed E-state index contributed by atoms with van der Waals surface area (Å²) >= 11 is 0. The van der Waals surface area contributed by atoms with E-state index in [-0.39, 0.29) is 17.7 Å². The van der Waals surface area contributed by atoms with Crippen LogP contribution in [0.5, 0.6) is 0 Å². The maximum atomic E-state index is 12.3. The van der Waals surface area contributed by atoms with E-state index in [1.54, 1.807) is 0 Å². The molecule has 0 aromatic rings. The van der Waals surface area contributed by atoms with Gasteiger partial charge in [-0.15, -0.1) is 0 Å². The standard InChI is InChI=1S/C15H22N2O4/c18-14(16-3-4-17-5-7-21-8-6-17)12-10-1-2-11(9-10)13(12)15(19)20/h1-2,10-13H,3-9H2,(H,16,18)(H,19,20)/t10-,11-,12-,13+/m0/s1. The Labute approximate surface area is 124 Å². The van der Waals surface area contributed by atoms with E-state index in [9.17, 15) is 14.7 Å². The average molecular weight is 294 g/mol. The highest BCUT2D eigenvalue weighted by Gasteiger charge is 2.51.